The van der Waals surface area contributed by atoms with Crippen molar-refractivity contribution in [3.63, 3.8) is 0 Å². The van der Waals surface area contributed by atoms with Crippen LogP contribution >= 0.6 is 0 Å². The van der Waals surface area contributed by atoms with Crippen LogP contribution in [-0.4, -0.2) is 17.9 Å². The first-order valence-electron chi connectivity index (χ1n) is 5.66. The number of nitrogens with zero attached hydrogens (tertiary/aromatic N) is 1. The molecule has 0 fully saturated rings. The summed E-state index contributed by atoms with van der Waals surface area (Å²) >= 11 is 0. The molecule has 0 aliphatic carbocycles. The zero-order valence-electron chi connectivity index (χ0n) is 10.3. The Balaban J connectivity index is 2.22. The molecule has 0 saturated heterocycles. The summed E-state index contributed by atoms with van der Waals surface area (Å²) in [6.07, 6.45) is 0.438. The van der Waals surface area contributed by atoms with Crippen molar-refractivity contribution in [2.24, 2.45) is 0 Å². The van der Waals surface area contributed by atoms with Crippen LogP contribution in [0.2, 0.25) is 0 Å². The number of nitro benzene ring substituents is 1. The number of hydrogen-bond acceptors (Lipinski definition) is 4. The molecule has 0 unspecified atom stereocenters. The van der Waals surface area contributed by atoms with Gasteiger partial charge in [0.05, 0.1) is 9.82 Å². The number of hydrogen-bond donors (Lipinski definition) is 1. The zero-order valence-corrected chi connectivity index (χ0v) is 11.1. The van der Waals surface area contributed by atoms with Gasteiger partial charge < -0.3 is 0 Å². The SMILES string of the molecule is O=[N+]([O-])c1cccc(Cc2ccc(S(=O)(=O)O)cc2)c1. The topological polar surface area (TPSA) is 97.5 Å². The Labute approximate surface area is 115 Å². The van der Waals surface area contributed by atoms with Crippen molar-refractivity contribution in [1.82, 2.24) is 0 Å². The number of benzene rings is 2. The highest BCUT2D eigenvalue weighted by atomic mass is 32.2. The van der Waals surface area contributed by atoms with Gasteiger partial charge in [-0.1, -0.05) is 24.3 Å². The Kier molecular flexibility index (Phi) is 3.82. The van der Waals surface area contributed by atoms with Gasteiger partial charge in [0.25, 0.3) is 15.8 Å². The molecule has 0 spiro atoms. The summed E-state index contributed by atoms with van der Waals surface area (Å²) in [4.78, 5) is 10.0. The summed E-state index contributed by atoms with van der Waals surface area (Å²) in [6, 6.07) is 11.9. The molecular formula is C13H11NO5S. The van der Waals surface area contributed by atoms with Crippen LogP contribution in [0.25, 0.3) is 0 Å². The molecule has 2 aromatic rings. The second-order valence-electron chi connectivity index (χ2n) is 4.22. The van der Waals surface area contributed by atoms with Crippen LogP contribution in [0.15, 0.2) is 53.4 Å². The van der Waals surface area contributed by atoms with E-state index in [1.165, 1.54) is 24.3 Å². The molecule has 2 aromatic carbocycles. The van der Waals surface area contributed by atoms with E-state index in [4.69, 9.17) is 4.55 Å². The maximum absolute atomic E-state index is 10.9. The fourth-order valence-corrected chi connectivity index (χ4v) is 2.27. The van der Waals surface area contributed by atoms with Gasteiger partial charge in [-0.2, -0.15) is 8.42 Å². The van der Waals surface area contributed by atoms with Crippen LogP contribution in [0.4, 0.5) is 5.69 Å². The van der Waals surface area contributed by atoms with Gasteiger partial charge in [0.2, 0.25) is 0 Å². The summed E-state index contributed by atoms with van der Waals surface area (Å²) in [6.45, 7) is 0. The van der Waals surface area contributed by atoms with Gasteiger partial charge in [-0.15, -0.1) is 0 Å². The normalized spacial score (nSPS) is 11.2. The molecule has 0 heterocycles. The summed E-state index contributed by atoms with van der Waals surface area (Å²) < 4.78 is 30.7. The lowest BCUT2D eigenvalue weighted by Gasteiger charge is -2.03. The van der Waals surface area contributed by atoms with Gasteiger partial charge in [-0.05, 0) is 29.7 Å². The van der Waals surface area contributed by atoms with Crippen molar-refractivity contribution >= 4 is 15.8 Å². The Morgan fingerprint density at radius 2 is 1.70 bits per heavy atom. The highest BCUT2D eigenvalue weighted by Gasteiger charge is 2.09. The van der Waals surface area contributed by atoms with Crippen molar-refractivity contribution in [2.75, 3.05) is 0 Å². The highest BCUT2D eigenvalue weighted by molar-refractivity contribution is 7.85. The predicted molar refractivity (Wildman–Crippen MR) is 72.2 cm³/mol. The van der Waals surface area contributed by atoms with Gasteiger partial charge in [0.15, 0.2) is 0 Å². The van der Waals surface area contributed by atoms with E-state index in [0.717, 1.165) is 11.1 Å². The fourth-order valence-electron chi connectivity index (χ4n) is 1.79. The van der Waals surface area contributed by atoms with Crippen LogP contribution in [0.3, 0.4) is 0 Å². The van der Waals surface area contributed by atoms with Crippen LogP contribution in [0.5, 0.6) is 0 Å². The molecule has 0 aliphatic rings. The molecule has 0 amide bonds. The van der Waals surface area contributed by atoms with E-state index >= 15 is 0 Å². The van der Waals surface area contributed by atoms with E-state index in [2.05, 4.69) is 0 Å². The maximum Gasteiger partial charge on any atom is 0.294 e. The van der Waals surface area contributed by atoms with Crippen LogP contribution in [0, 0.1) is 10.1 Å². The van der Waals surface area contributed by atoms with Crippen LogP contribution < -0.4 is 0 Å². The molecule has 1 N–H and O–H groups in total. The molecule has 0 radical (unpaired) electrons. The van der Waals surface area contributed by atoms with E-state index in [1.54, 1.807) is 24.3 Å². The number of non-ortho nitro benzene ring substituents is 1. The zero-order chi connectivity index (χ0) is 14.8. The quantitative estimate of drug-likeness (QED) is 0.530. The lowest BCUT2D eigenvalue weighted by atomic mass is 10.0. The van der Waals surface area contributed by atoms with Crippen LogP contribution in [0.1, 0.15) is 11.1 Å². The molecule has 0 saturated carbocycles. The molecule has 2 rings (SSSR count). The molecule has 6 nitrogen and oxygen atoms in total. The molecule has 0 aliphatic heterocycles. The first-order chi connectivity index (χ1) is 9.36. The average Bonchev–Trinajstić information content (AvgIpc) is 2.38. The van der Waals surface area contributed by atoms with Crippen molar-refractivity contribution < 1.29 is 17.9 Å². The summed E-state index contributed by atoms with van der Waals surface area (Å²) in [7, 11) is -4.20. The predicted octanol–water partition coefficient (Wildman–Crippen LogP) is 2.43. The van der Waals surface area contributed by atoms with Crippen molar-refractivity contribution in [2.45, 2.75) is 11.3 Å². The third-order valence-corrected chi connectivity index (χ3v) is 3.62. The fraction of sp³-hybridized carbons (Fsp3) is 0.0769. The first kappa shape index (κ1) is 14.2. The standard InChI is InChI=1S/C13H11NO5S/c15-14(16)12-3-1-2-11(9-12)8-10-4-6-13(7-5-10)20(17,18)19/h1-7,9H,8H2,(H,17,18,19). The van der Waals surface area contributed by atoms with E-state index in [0.29, 0.717) is 6.42 Å². The second-order valence-corrected chi connectivity index (χ2v) is 5.64. The summed E-state index contributed by atoms with van der Waals surface area (Å²) in [5.74, 6) is 0. The van der Waals surface area contributed by atoms with Gasteiger partial charge in [0, 0.05) is 12.1 Å². The molecule has 0 bridgehead atoms. The summed E-state index contributed by atoms with van der Waals surface area (Å²) in [5, 5.41) is 10.7. The minimum atomic E-state index is -4.20. The average molecular weight is 293 g/mol. The molecule has 7 heteroatoms. The van der Waals surface area contributed by atoms with Crippen molar-refractivity contribution in [1.29, 1.82) is 0 Å². The molecule has 0 aromatic heterocycles. The monoisotopic (exact) mass is 293 g/mol. The third-order valence-electron chi connectivity index (χ3n) is 2.75. The van der Waals surface area contributed by atoms with Crippen molar-refractivity contribution in [3.8, 4) is 0 Å². The highest BCUT2D eigenvalue weighted by Crippen LogP contribution is 2.17. The summed E-state index contributed by atoms with van der Waals surface area (Å²) in [5.41, 5.74) is 1.55. The van der Waals surface area contributed by atoms with Gasteiger partial charge in [-0.25, -0.2) is 0 Å². The smallest absolute Gasteiger partial charge is 0.282 e. The molecule has 0 atom stereocenters. The Hall–Kier alpha value is -2.25. The van der Waals surface area contributed by atoms with E-state index in [1.807, 2.05) is 0 Å². The Morgan fingerprint density at radius 1 is 1.05 bits per heavy atom. The minimum absolute atomic E-state index is 0.0112. The lowest BCUT2D eigenvalue weighted by molar-refractivity contribution is -0.384. The molecular weight excluding hydrogens is 282 g/mol. The Bertz CT molecular complexity index is 738. The largest absolute Gasteiger partial charge is 0.294 e. The van der Waals surface area contributed by atoms with E-state index < -0.39 is 15.0 Å². The second kappa shape index (κ2) is 5.40. The maximum atomic E-state index is 10.9. The lowest BCUT2D eigenvalue weighted by Crippen LogP contribution is -1.98. The molecule has 104 valence electrons. The van der Waals surface area contributed by atoms with Crippen molar-refractivity contribution in [3.05, 3.63) is 69.8 Å². The minimum Gasteiger partial charge on any atom is -0.282 e. The van der Waals surface area contributed by atoms with Gasteiger partial charge in [-0.3, -0.25) is 14.7 Å². The first-order valence-corrected chi connectivity index (χ1v) is 7.10. The molecule has 20 heavy (non-hydrogen) atoms. The van der Waals surface area contributed by atoms with E-state index in [9.17, 15) is 18.5 Å². The number of rotatable bonds is 4. The van der Waals surface area contributed by atoms with Gasteiger partial charge in [0.1, 0.15) is 0 Å². The third kappa shape index (κ3) is 3.40. The van der Waals surface area contributed by atoms with Gasteiger partial charge >= 0.3 is 0 Å². The van der Waals surface area contributed by atoms with E-state index in [-0.39, 0.29) is 10.6 Å². The number of nitro groups is 1. The Morgan fingerprint density at radius 3 is 2.25 bits per heavy atom. The van der Waals surface area contributed by atoms with Crippen LogP contribution in [-0.2, 0) is 16.5 Å².